The summed E-state index contributed by atoms with van der Waals surface area (Å²) < 4.78 is 5.18. The van der Waals surface area contributed by atoms with E-state index in [1.165, 1.54) is 29.7 Å². The van der Waals surface area contributed by atoms with Crippen molar-refractivity contribution in [1.82, 2.24) is 15.1 Å². The molecule has 7 nitrogen and oxygen atoms in total. The largest absolute Gasteiger partial charge is 0.497 e. The second-order valence-corrected chi connectivity index (χ2v) is 9.72. The standard InChI is InChI=1S/C28H36N4O3S/c1-4-6-8-9-21-10-12-23(13-11-21)27(34)32(19-7-5-2)20-18-25(33)29-28-31-30-26(36-28)22-14-16-24(35-3)17-15-22/h10-17H,4-9,18-20H2,1-3H3,(H,29,31,33). The first-order valence-electron chi connectivity index (χ1n) is 12.7. The van der Waals surface area contributed by atoms with Gasteiger partial charge in [-0.05, 0) is 61.2 Å². The second kappa shape index (κ2) is 14.3. The predicted molar refractivity (Wildman–Crippen MR) is 146 cm³/mol. The van der Waals surface area contributed by atoms with Gasteiger partial charge in [-0.1, -0.05) is 56.6 Å². The number of benzene rings is 2. The van der Waals surface area contributed by atoms with Crippen LogP contribution in [0.15, 0.2) is 48.5 Å². The molecule has 0 bridgehead atoms. The van der Waals surface area contributed by atoms with Crippen LogP contribution < -0.4 is 10.1 Å². The van der Waals surface area contributed by atoms with E-state index in [2.05, 4.69) is 29.4 Å². The van der Waals surface area contributed by atoms with Crippen LogP contribution >= 0.6 is 11.3 Å². The number of nitrogens with zero attached hydrogens (tertiary/aromatic N) is 3. The highest BCUT2D eigenvalue weighted by Gasteiger charge is 2.17. The van der Waals surface area contributed by atoms with Crippen LogP contribution in [0, 0.1) is 0 Å². The molecule has 0 saturated carbocycles. The number of carbonyl (C=O) groups excluding carboxylic acids is 2. The summed E-state index contributed by atoms with van der Waals surface area (Å²) in [7, 11) is 1.62. The number of hydrogen-bond acceptors (Lipinski definition) is 6. The van der Waals surface area contributed by atoms with Crippen molar-refractivity contribution in [1.29, 1.82) is 0 Å². The number of hydrogen-bond donors (Lipinski definition) is 1. The zero-order chi connectivity index (χ0) is 25.8. The number of ether oxygens (including phenoxy) is 1. The topological polar surface area (TPSA) is 84.4 Å². The molecule has 1 aromatic heterocycles. The number of amides is 2. The Kier molecular flexibility index (Phi) is 10.9. The molecule has 0 spiro atoms. The van der Waals surface area contributed by atoms with Gasteiger partial charge < -0.3 is 15.0 Å². The fraction of sp³-hybridized carbons (Fsp3) is 0.429. The quantitative estimate of drug-likeness (QED) is 0.261. The highest BCUT2D eigenvalue weighted by Crippen LogP contribution is 2.27. The van der Waals surface area contributed by atoms with Gasteiger partial charge >= 0.3 is 0 Å². The molecule has 0 aliphatic rings. The Hall–Kier alpha value is -3.26. The van der Waals surface area contributed by atoms with Crippen molar-refractivity contribution < 1.29 is 14.3 Å². The first kappa shape index (κ1) is 27.3. The molecule has 0 saturated heterocycles. The lowest BCUT2D eigenvalue weighted by molar-refractivity contribution is -0.116. The van der Waals surface area contributed by atoms with Gasteiger partial charge in [-0.2, -0.15) is 0 Å². The first-order valence-corrected chi connectivity index (χ1v) is 13.5. The van der Waals surface area contributed by atoms with Crippen molar-refractivity contribution >= 4 is 28.3 Å². The van der Waals surface area contributed by atoms with Gasteiger partial charge in [-0.25, -0.2) is 0 Å². The van der Waals surface area contributed by atoms with Crippen molar-refractivity contribution in [2.75, 3.05) is 25.5 Å². The smallest absolute Gasteiger partial charge is 0.253 e. The van der Waals surface area contributed by atoms with Crippen LogP contribution in [0.1, 0.15) is 68.3 Å². The summed E-state index contributed by atoms with van der Waals surface area (Å²) in [5.41, 5.74) is 2.83. The number of methoxy groups -OCH3 is 1. The van der Waals surface area contributed by atoms with E-state index < -0.39 is 0 Å². The molecular weight excluding hydrogens is 472 g/mol. The molecular formula is C28H36N4O3S. The average molecular weight is 509 g/mol. The fourth-order valence-electron chi connectivity index (χ4n) is 3.78. The Morgan fingerprint density at radius 1 is 0.917 bits per heavy atom. The molecule has 0 aliphatic heterocycles. The van der Waals surface area contributed by atoms with E-state index >= 15 is 0 Å². The van der Waals surface area contributed by atoms with E-state index in [1.807, 2.05) is 48.5 Å². The number of aryl methyl sites for hydroxylation is 1. The molecule has 1 heterocycles. The number of unbranched alkanes of at least 4 members (excludes halogenated alkanes) is 3. The van der Waals surface area contributed by atoms with Crippen LogP contribution in [0.2, 0.25) is 0 Å². The molecule has 0 unspecified atom stereocenters. The normalized spacial score (nSPS) is 10.8. The summed E-state index contributed by atoms with van der Waals surface area (Å²) in [6, 6.07) is 15.4. The molecule has 0 aliphatic carbocycles. The van der Waals surface area contributed by atoms with Gasteiger partial charge in [0.2, 0.25) is 11.0 Å². The molecule has 1 N–H and O–H groups in total. The maximum atomic E-state index is 13.2. The summed E-state index contributed by atoms with van der Waals surface area (Å²) in [6.45, 7) is 5.27. The summed E-state index contributed by atoms with van der Waals surface area (Å²) >= 11 is 1.31. The third-order valence-electron chi connectivity index (χ3n) is 5.96. The molecule has 0 atom stereocenters. The van der Waals surface area contributed by atoms with Crippen LogP contribution in [0.4, 0.5) is 5.13 Å². The molecule has 8 heteroatoms. The lowest BCUT2D eigenvalue weighted by Gasteiger charge is -2.22. The van der Waals surface area contributed by atoms with Crippen LogP contribution in [-0.4, -0.2) is 47.1 Å². The summed E-state index contributed by atoms with van der Waals surface area (Å²) in [6.07, 6.45) is 6.68. The minimum absolute atomic E-state index is 0.0333. The fourth-order valence-corrected chi connectivity index (χ4v) is 4.55. The molecule has 36 heavy (non-hydrogen) atoms. The number of nitrogens with one attached hydrogen (secondary N) is 1. The highest BCUT2D eigenvalue weighted by molar-refractivity contribution is 7.18. The molecule has 2 amide bonds. The summed E-state index contributed by atoms with van der Waals surface area (Å²) in [4.78, 5) is 27.6. The van der Waals surface area contributed by atoms with Gasteiger partial charge in [0.1, 0.15) is 10.8 Å². The number of carbonyl (C=O) groups is 2. The van der Waals surface area contributed by atoms with Crippen LogP contribution in [0.25, 0.3) is 10.6 Å². The zero-order valence-corrected chi connectivity index (χ0v) is 22.3. The van der Waals surface area contributed by atoms with Crippen LogP contribution in [0.3, 0.4) is 0 Å². The van der Waals surface area contributed by atoms with Crippen molar-refractivity contribution in [3.63, 3.8) is 0 Å². The minimum Gasteiger partial charge on any atom is -0.497 e. The summed E-state index contributed by atoms with van der Waals surface area (Å²) in [5.74, 6) is 0.545. The third kappa shape index (κ3) is 8.16. The first-order chi connectivity index (χ1) is 17.5. The van der Waals surface area contributed by atoms with E-state index in [1.54, 1.807) is 12.0 Å². The van der Waals surface area contributed by atoms with E-state index in [0.717, 1.165) is 37.0 Å². The van der Waals surface area contributed by atoms with E-state index in [0.29, 0.717) is 28.8 Å². The molecule has 3 aromatic rings. The molecule has 2 aromatic carbocycles. The van der Waals surface area contributed by atoms with Gasteiger partial charge in [-0.15, -0.1) is 10.2 Å². The number of anilines is 1. The predicted octanol–water partition coefficient (Wildman–Crippen LogP) is 6.22. The Morgan fingerprint density at radius 3 is 2.31 bits per heavy atom. The van der Waals surface area contributed by atoms with Gasteiger partial charge in [0.25, 0.3) is 5.91 Å². The van der Waals surface area contributed by atoms with E-state index in [4.69, 9.17) is 4.74 Å². The SMILES string of the molecule is CCCCCc1ccc(C(=O)N(CCCC)CCC(=O)Nc2nnc(-c3ccc(OC)cc3)s2)cc1. The summed E-state index contributed by atoms with van der Waals surface area (Å²) in [5, 5.41) is 12.2. The van der Waals surface area contributed by atoms with Crippen LogP contribution in [0.5, 0.6) is 5.75 Å². The van der Waals surface area contributed by atoms with Gasteiger partial charge in [0.05, 0.1) is 7.11 Å². The Morgan fingerprint density at radius 2 is 1.64 bits per heavy atom. The lowest BCUT2D eigenvalue weighted by atomic mass is 10.0. The molecule has 192 valence electrons. The maximum absolute atomic E-state index is 13.2. The monoisotopic (exact) mass is 508 g/mol. The Balaban J connectivity index is 1.55. The second-order valence-electron chi connectivity index (χ2n) is 8.74. The number of rotatable bonds is 14. The van der Waals surface area contributed by atoms with Gasteiger partial charge in [-0.3, -0.25) is 9.59 Å². The van der Waals surface area contributed by atoms with Crippen molar-refractivity contribution in [3.05, 3.63) is 59.7 Å². The van der Waals surface area contributed by atoms with E-state index in [-0.39, 0.29) is 18.2 Å². The molecule has 0 fully saturated rings. The van der Waals surface area contributed by atoms with Crippen LogP contribution in [-0.2, 0) is 11.2 Å². The third-order valence-corrected chi connectivity index (χ3v) is 6.84. The van der Waals surface area contributed by atoms with E-state index in [9.17, 15) is 9.59 Å². The number of aromatic nitrogens is 2. The molecule has 3 rings (SSSR count). The molecule has 0 radical (unpaired) electrons. The van der Waals surface area contributed by atoms with Gasteiger partial charge in [0.15, 0.2) is 0 Å². The minimum atomic E-state index is -0.187. The Bertz CT molecular complexity index is 1100. The Labute approximate surface area is 217 Å². The zero-order valence-electron chi connectivity index (χ0n) is 21.5. The van der Waals surface area contributed by atoms with Crippen molar-refractivity contribution in [2.45, 2.75) is 58.8 Å². The lowest BCUT2D eigenvalue weighted by Crippen LogP contribution is -2.34. The van der Waals surface area contributed by atoms with Crippen molar-refractivity contribution in [2.24, 2.45) is 0 Å². The van der Waals surface area contributed by atoms with Crippen molar-refractivity contribution in [3.8, 4) is 16.3 Å². The van der Waals surface area contributed by atoms with Gasteiger partial charge in [0, 0.05) is 30.6 Å². The maximum Gasteiger partial charge on any atom is 0.253 e. The highest BCUT2D eigenvalue weighted by atomic mass is 32.1. The average Bonchev–Trinajstić information content (AvgIpc) is 3.37.